The summed E-state index contributed by atoms with van der Waals surface area (Å²) >= 11 is 0. The van der Waals surface area contributed by atoms with Crippen molar-refractivity contribution >= 4 is 29.4 Å². The first-order chi connectivity index (χ1) is 17.2. The van der Waals surface area contributed by atoms with Crippen molar-refractivity contribution in [2.24, 2.45) is 5.73 Å². The van der Waals surface area contributed by atoms with Crippen LogP contribution in [0.15, 0.2) is 24.3 Å². The molecule has 1 aromatic carbocycles. The van der Waals surface area contributed by atoms with E-state index in [1.807, 2.05) is 0 Å². The zero-order chi connectivity index (χ0) is 24.7. The number of hydrogen-bond donors (Lipinski definition) is 5. The third-order valence-corrected chi connectivity index (χ3v) is 5.23. The molecule has 0 atom stereocenters. The zero-order valence-corrected chi connectivity index (χ0v) is 20.0. The number of nitrogens with zero attached hydrogens (tertiary/aromatic N) is 4. The average molecular weight is 489 g/mol. The Labute approximate surface area is 205 Å². The van der Waals surface area contributed by atoms with Crippen molar-refractivity contribution in [1.29, 1.82) is 0 Å². The molecular weight excluding hydrogens is 452 g/mol. The molecule has 12 nitrogen and oxygen atoms in total. The zero-order valence-electron chi connectivity index (χ0n) is 20.0. The van der Waals surface area contributed by atoms with Crippen molar-refractivity contribution < 1.29 is 19.4 Å². The molecule has 0 spiro atoms. The second kappa shape index (κ2) is 15.0. The smallest absolute Gasteiger partial charge is 0.251 e. The Hall–Kier alpha value is -3.06. The number of anilines is 4. The van der Waals surface area contributed by atoms with Crippen LogP contribution in [0.3, 0.4) is 0 Å². The number of piperidine rings is 1. The molecule has 1 amide bonds. The fourth-order valence-electron chi connectivity index (χ4n) is 3.48. The van der Waals surface area contributed by atoms with Gasteiger partial charge < -0.3 is 41.2 Å². The largest absolute Gasteiger partial charge is 0.395 e. The van der Waals surface area contributed by atoms with Gasteiger partial charge in [0.05, 0.1) is 33.0 Å². The Balaban J connectivity index is 1.52. The minimum Gasteiger partial charge on any atom is -0.395 e. The van der Waals surface area contributed by atoms with Crippen molar-refractivity contribution in [2.75, 3.05) is 81.3 Å². The second-order valence-electron chi connectivity index (χ2n) is 7.95. The van der Waals surface area contributed by atoms with Gasteiger partial charge in [-0.25, -0.2) is 0 Å². The van der Waals surface area contributed by atoms with E-state index in [0.29, 0.717) is 69.5 Å². The highest BCUT2D eigenvalue weighted by Crippen LogP contribution is 2.21. The third-order valence-electron chi connectivity index (χ3n) is 5.23. The summed E-state index contributed by atoms with van der Waals surface area (Å²) < 4.78 is 10.6. The van der Waals surface area contributed by atoms with Crippen molar-refractivity contribution in [3.8, 4) is 0 Å². The molecule has 1 aromatic heterocycles. The Morgan fingerprint density at radius 1 is 0.943 bits per heavy atom. The standard InChI is InChI=1S/C23H36N8O4/c24-8-14-34-16-17-35-15-10-25-20(33)18-4-6-19(7-5-18)27-22-28-21(26-9-13-32)29-23(30-22)31-11-2-1-3-12-31/h4-7,32H,1-3,8-17,24H2,(H,25,33)(H2,26,27,28,29,30). The normalized spacial score (nSPS) is 13.5. The molecule has 0 bridgehead atoms. The van der Waals surface area contributed by atoms with E-state index in [1.165, 1.54) is 6.42 Å². The summed E-state index contributed by atoms with van der Waals surface area (Å²) in [6.07, 6.45) is 3.42. The Bertz CT molecular complexity index is 894. The summed E-state index contributed by atoms with van der Waals surface area (Å²) in [5.74, 6) is 1.22. The van der Waals surface area contributed by atoms with Gasteiger partial charge in [-0.2, -0.15) is 15.0 Å². The molecule has 1 fully saturated rings. The predicted molar refractivity (Wildman–Crippen MR) is 134 cm³/mol. The molecule has 1 aliphatic heterocycles. The molecule has 0 saturated carbocycles. The van der Waals surface area contributed by atoms with E-state index in [-0.39, 0.29) is 12.5 Å². The predicted octanol–water partition coefficient (Wildman–Crippen LogP) is 0.731. The number of aliphatic hydroxyl groups is 1. The van der Waals surface area contributed by atoms with E-state index >= 15 is 0 Å². The lowest BCUT2D eigenvalue weighted by molar-refractivity contribution is 0.0511. The number of carbonyl (C=O) groups excluding carboxylic acids is 1. The minimum atomic E-state index is -0.178. The van der Waals surface area contributed by atoms with Crippen molar-refractivity contribution in [3.63, 3.8) is 0 Å². The van der Waals surface area contributed by atoms with Gasteiger partial charge in [0.15, 0.2) is 0 Å². The van der Waals surface area contributed by atoms with Gasteiger partial charge in [-0.05, 0) is 43.5 Å². The Morgan fingerprint density at radius 3 is 2.37 bits per heavy atom. The summed E-state index contributed by atoms with van der Waals surface area (Å²) in [5.41, 5.74) is 6.63. The summed E-state index contributed by atoms with van der Waals surface area (Å²) in [5, 5.41) is 18.2. The van der Waals surface area contributed by atoms with Crippen LogP contribution in [0, 0.1) is 0 Å². The quantitative estimate of drug-likeness (QED) is 0.225. The monoisotopic (exact) mass is 488 g/mol. The van der Waals surface area contributed by atoms with Gasteiger partial charge in [-0.1, -0.05) is 0 Å². The van der Waals surface area contributed by atoms with Crippen LogP contribution >= 0.6 is 0 Å². The van der Waals surface area contributed by atoms with Crippen LogP contribution in [-0.4, -0.2) is 91.7 Å². The number of ether oxygens (including phenoxy) is 2. The molecule has 12 heteroatoms. The van der Waals surface area contributed by atoms with E-state index < -0.39 is 0 Å². The number of aliphatic hydroxyl groups excluding tert-OH is 1. The lowest BCUT2D eigenvalue weighted by Gasteiger charge is -2.27. The molecule has 1 aliphatic rings. The number of hydrogen-bond acceptors (Lipinski definition) is 11. The topological polar surface area (TPSA) is 160 Å². The van der Waals surface area contributed by atoms with Crippen LogP contribution in [0.5, 0.6) is 0 Å². The van der Waals surface area contributed by atoms with Crippen LogP contribution in [0.2, 0.25) is 0 Å². The van der Waals surface area contributed by atoms with Gasteiger partial charge in [0, 0.05) is 44.0 Å². The molecule has 0 unspecified atom stereocenters. The minimum absolute atomic E-state index is 0.0215. The fourth-order valence-corrected chi connectivity index (χ4v) is 3.48. The fraction of sp³-hybridized carbons (Fsp3) is 0.565. The second-order valence-corrected chi connectivity index (χ2v) is 7.95. The summed E-state index contributed by atoms with van der Waals surface area (Å²) in [6.45, 7) is 4.89. The number of nitrogens with two attached hydrogens (primary N) is 1. The third kappa shape index (κ3) is 9.25. The molecule has 1 saturated heterocycles. The van der Waals surface area contributed by atoms with E-state index in [0.717, 1.165) is 31.6 Å². The molecule has 3 rings (SSSR count). The van der Waals surface area contributed by atoms with E-state index in [2.05, 4.69) is 35.8 Å². The number of nitrogens with one attached hydrogen (secondary N) is 3. The molecule has 6 N–H and O–H groups in total. The molecule has 0 radical (unpaired) electrons. The molecule has 2 aromatic rings. The number of rotatable bonds is 15. The van der Waals surface area contributed by atoms with Crippen molar-refractivity contribution in [3.05, 3.63) is 29.8 Å². The van der Waals surface area contributed by atoms with Gasteiger partial charge >= 0.3 is 0 Å². The van der Waals surface area contributed by atoms with Crippen LogP contribution in [0.4, 0.5) is 23.5 Å². The summed E-state index contributed by atoms with van der Waals surface area (Å²) in [4.78, 5) is 28.0. The first-order valence-electron chi connectivity index (χ1n) is 12.1. The average Bonchev–Trinajstić information content (AvgIpc) is 2.89. The molecule has 192 valence electrons. The molecule has 0 aliphatic carbocycles. The molecule has 35 heavy (non-hydrogen) atoms. The molecular formula is C23H36N8O4. The maximum Gasteiger partial charge on any atom is 0.251 e. The summed E-state index contributed by atoms with van der Waals surface area (Å²) in [6, 6.07) is 7.06. The highest BCUT2D eigenvalue weighted by molar-refractivity contribution is 5.94. The van der Waals surface area contributed by atoms with E-state index in [1.54, 1.807) is 24.3 Å². The highest BCUT2D eigenvalue weighted by Gasteiger charge is 2.16. The van der Waals surface area contributed by atoms with Gasteiger partial charge in [-0.3, -0.25) is 4.79 Å². The van der Waals surface area contributed by atoms with E-state index in [4.69, 9.17) is 20.3 Å². The number of amides is 1. The lowest BCUT2D eigenvalue weighted by atomic mass is 10.1. The van der Waals surface area contributed by atoms with Gasteiger partial charge in [-0.15, -0.1) is 0 Å². The van der Waals surface area contributed by atoms with Crippen molar-refractivity contribution in [1.82, 2.24) is 20.3 Å². The van der Waals surface area contributed by atoms with Crippen molar-refractivity contribution in [2.45, 2.75) is 19.3 Å². The SMILES string of the molecule is NCCOCCOCCNC(=O)c1ccc(Nc2nc(NCCO)nc(N3CCCCC3)n2)cc1. The van der Waals surface area contributed by atoms with Gasteiger partial charge in [0.25, 0.3) is 5.91 Å². The Kier molecular flexibility index (Phi) is 11.4. The van der Waals surface area contributed by atoms with Crippen LogP contribution in [0.25, 0.3) is 0 Å². The number of carbonyl (C=O) groups is 1. The number of aromatic nitrogens is 3. The number of benzene rings is 1. The highest BCUT2D eigenvalue weighted by atomic mass is 16.5. The lowest BCUT2D eigenvalue weighted by Crippen LogP contribution is -2.31. The first kappa shape index (κ1) is 26.5. The van der Waals surface area contributed by atoms with Gasteiger partial charge in [0.2, 0.25) is 17.8 Å². The van der Waals surface area contributed by atoms with Gasteiger partial charge in [0.1, 0.15) is 0 Å². The van der Waals surface area contributed by atoms with Crippen LogP contribution in [0.1, 0.15) is 29.6 Å². The maximum absolute atomic E-state index is 12.4. The maximum atomic E-state index is 12.4. The molecule has 2 heterocycles. The van der Waals surface area contributed by atoms with E-state index in [9.17, 15) is 4.79 Å². The Morgan fingerprint density at radius 2 is 1.66 bits per heavy atom. The van der Waals surface area contributed by atoms with Crippen LogP contribution < -0.4 is 26.6 Å². The van der Waals surface area contributed by atoms with Crippen LogP contribution in [-0.2, 0) is 9.47 Å². The first-order valence-corrected chi connectivity index (χ1v) is 12.1. The summed E-state index contributed by atoms with van der Waals surface area (Å²) in [7, 11) is 0.